The Morgan fingerprint density at radius 3 is 2.48 bits per heavy atom. The highest BCUT2D eigenvalue weighted by Gasteiger charge is 2.41. The van der Waals surface area contributed by atoms with Gasteiger partial charge in [0.05, 0.1) is 29.6 Å². The molecule has 27 heavy (non-hydrogen) atoms. The quantitative estimate of drug-likeness (QED) is 0.711. The molecule has 0 radical (unpaired) electrons. The molecule has 1 aromatic carbocycles. The lowest BCUT2D eigenvalue weighted by molar-refractivity contribution is -0.137. The molecule has 0 N–H and O–H groups in total. The van der Waals surface area contributed by atoms with Crippen molar-refractivity contribution in [2.45, 2.75) is 51.4 Å². The van der Waals surface area contributed by atoms with Crippen LogP contribution in [-0.4, -0.2) is 33.9 Å². The number of rotatable bonds is 4. The minimum atomic E-state index is -4.63. The van der Waals surface area contributed by atoms with Crippen molar-refractivity contribution < 1.29 is 25.8 Å². The van der Waals surface area contributed by atoms with Crippen molar-refractivity contribution in [2.24, 2.45) is 5.41 Å². The maximum absolute atomic E-state index is 13.3. The van der Waals surface area contributed by atoms with Crippen LogP contribution in [0.3, 0.4) is 0 Å². The number of nitrogens with zero attached hydrogens (tertiary/aromatic N) is 2. The van der Waals surface area contributed by atoms with E-state index in [1.165, 1.54) is 6.07 Å². The second kappa shape index (κ2) is 7.32. The SMILES string of the molecule is CN(c1ccc(C#N)c(C(F)(F)F)c1)C1CC(OS(C)(=O)=O)CCC1(C)C. The minimum Gasteiger partial charge on any atom is -0.371 e. The molecule has 1 aliphatic rings. The van der Waals surface area contributed by atoms with Crippen molar-refractivity contribution in [3.8, 4) is 6.07 Å². The summed E-state index contributed by atoms with van der Waals surface area (Å²) in [6, 6.07) is 4.95. The van der Waals surface area contributed by atoms with Gasteiger partial charge in [0.2, 0.25) is 0 Å². The smallest absolute Gasteiger partial charge is 0.371 e. The highest BCUT2D eigenvalue weighted by Crippen LogP contribution is 2.42. The van der Waals surface area contributed by atoms with Gasteiger partial charge in [0.1, 0.15) is 0 Å². The Morgan fingerprint density at radius 1 is 1.33 bits per heavy atom. The summed E-state index contributed by atoms with van der Waals surface area (Å²) in [7, 11) is -1.94. The summed E-state index contributed by atoms with van der Waals surface area (Å²) in [6.07, 6.45) is -2.55. The van der Waals surface area contributed by atoms with E-state index in [-0.39, 0.29) is 11.5 Å². The van der Waals surface area contributed by atoms with E-state index in [9.17, 15) is 21.6 Å². The molecule has 0 saturated heterocycles. The van der Waals surface area contributed by atoms with Crippen molar-refractivity contribution in [3.05, 3.63) is 29.3 Å². The van der Waals surface area contributed by atoms with E-state index in [4.69, 9.17) is 9.44 Å². The first-order chi connectivity index (χ1) is 12.2. The van der Waals surface area contributed by atoms with Crippen molar-refractivity contribution >= 4 is 15.8 Å². The topological polar surface area (TPSA) is 70.4 Å². The molecule has 2 unspecified atom stereocenters. The van der Waals surface area contributed by atoms with E-state index in [1.807, 2.05) is 13.8 Å². The fraction of sp³-hybridized carbons (Fsp3) is 0.611. The predicted octanol–water partition coefficient (Wildman–Crippen LogP) is 3.94. The van der Waals surface area contributed by atoms with Crippen molar-refractivity contribution in [3.63, 3.8) is 0 Å². The standard InChI is InChI=1S/C18H23F3N2O3S/c1-17(2)8-7-14(26-27(4,24)25)10-16(17)23(3)13-6-5-12(11-22)15(9-13)18(19,20)21/h5-6,9,14,16H,7-8,10H2,1-4H3. The Kier molecular flexibility index (Phi) is 5.83. The van der Waals surface area contributed by atoms with E-state index in [2.05, 4.69) is 0 Å². The van der Waals surface area contributed by atoms with Crippen LogP contribution in [0, 0.1) is 16.7 Å². The zero-order chi connectivity index (χ0) is 20.6. The van der Waals surface area contributed by atoms with Gasteiger partial charge in [-0.1, -0.05) is 13.8 Å². The normalized spacial score (nSPS) is 22.9. The van der Waals surface area contributed by atoms with E-state index in [1.54, 1.807) is 18.0 Å². The maximum atomic E-state index is 13.3. The zero-order valence-corrected chi connectivity index (χ0v) is 16.5. The summed E-state index contributed by atoms with van der Waals surface area (Å²) in [5.41, 5.74) is -1.34. The molecule has 1 saturated carbocycles. The molecule has 150 valence electrons. The second-order valence-corrected chi connectivity index (χ2v) is 9.25. The predicted molar refractivity (Wildman–Crippen MR) is 95.7 cm³/mol. The second-order valence-electron chi connectivity index (χ2n) is 7.65. The van der Waals surface area contributed by atoms with E-state index < -0.39 is 33.5 Å². The zero-order valence-electron chi connectivity index (χ0n) is 15.7. The fourth-order valence-electron chi connectivity index (χ4n) is 3.67. The third-order valence-electron chi connectivity index (χ3n) is 5.11. The molecule has 0 amide bonds. The summed E-state index contributed by atoms with van der Waals surface area (Å²) in [5.74, 6) is 0. The van der Waals surface area contributed by atoms with Gasteiger partial charge in [-0.2, -0.15) is 26.9 Å². The molecule has 5 nitrogen and oxygen atoms in total. The number of benzene rings is 1. The number of alkyl halides is 3. The van der Waals surface area contributed by atoms with Crippen molar-refractivity contribution in [1.29, 1.82) is 5.26 Å². The molecule has 0 spiro atoms. The molecule has 1 aromatic rings. The maximum Gasteiger partial charge on any atom is 0.417 e. The van der Waals surface area contributed by atoms with E-state index >= 15 is 0 Å². The summed E-state index contributed by atoms with van der Waals surface area (Å²) in [5, 5.41) is 8.95. The summed E-state index contributed by atoms with van der Waals surface area (Å²) < 4.78 is 67.8. The summed E-state index contributed by atoms with van der Waals surface area (Å²) in [6.45, 7) is 4.00. The van der Waals surface area contributed by atoms with Gasteiger partial charge in [0, 0.05) is 18.8 Å². The van der Waals surface area contributed by atoms with E-state index in [0.29, 0.717) is 24.9 Å². The average molecular weight is 404 g/mol. The van der Waals surface area contributed by atoms with Crippen LogP contribution >= 0.6 is 0 Å². The number of anilines is 1. The van der Waals surface area contributed by atoms with Crippen LogP contribution in [0.1, 0.15) is 44.2 Å². The largest absolute Gasteiger partial charge is 0.417 e. The molecule has 0 aromatic heterocycles. The van der Waals surface area contributed by atoms with Gasteiger partial charge in [-0.3, -0.25) is 4.18 Å². The highest BCUT2D eigenvalue weighted by molar-refractivity contribution is 7.86. The van der Waals surface area contributed by atoms with Crippen LogP contribution in [-0.2, 0) is 20.5 Å². The summed E-state index contributed by atoms with van der Waals surface area (Å²) in [4.78, 5) is 1.72. The monoisotopic (exact) mass is 404 g/mol. The Bertz CT molecular complexity index is 844. The van der Waals surface area contributed by atoms with Gasteiger partial charge in [0.15, 0.2) is 0 Å². The lowest BCUT2D eigenvalue weighted by Crippen LogP contribution is -2.49. The van der Waals surface area contributed by atoms with Crippen molar-refractivity contribution in [2.75, 3.05) is 18.2 Å². The Balaban J connectivity index is 2.36. The fourth-order valence-corrected chi connectivity index (χ4v) is 4.34. The van der Waals surface area contributed by atoms with Gasteiger partial charge in [0.25, 0.3) is 10.1 Å². The highest BCUT2D eigenvalue weighted by atomic mass is 32.2. The first kappa shape index (κ1) is 21.5. The van der Waals surface area contributed by atoms with Crippen LogP contribution in [0.15, 0.2) is 18.2 Å². The van der Waals surface area contributed by atoms with Crippen LogP contribution in [0.4, 0.5) is 18.9 Å². The Morgan fingerprint density at radius 2 is 1.96 bits per heavy atom. The first-order valence-corrected chi connectivity index (χ1v) is 10.3. The van der Waals surface area contributed by atoms with Gasteiger partial charge >= 0.3 is 6.18 Å². The number of nitriles is 1. The molecule has 0 bridgehead atoms. The molecule has 1 aliphatic carbocycles. The minimum absolute atomic E-state index is 0.230. The first-order valence-electron chi connectivity index (χ1n) is 8.47. The van der Waals surface area contributed by atoms with Gasteiger partial charge in [-0.15, -0.1) is 0 Å². The van der Waals surface area contributed by atoms with E-state index in [0.717, 1.165) is 18.4 Å². The molecule has 1 fully saturated rings. The van der Waals surface area contributed by atoms with Crippen LogP contribution < -0.4 is 4.90 Å². The molecule has 9 heteroatoms. The van der Waals surface area contributed by atoms with Gasteiger partial charge in [-0.05, 0) is 42.9 Å². The Labute approximate surface area is 157 Å². The average Bonchev–Trinajstić information content (AvgIpc) is 2.53. The number of hydrogen-bond acceptors (Lipinski definition) is 5. The third-order valence-corrected chi connectivity index (χ3v) is 5.74. The van der Waals surface area contributed by atoms with Gasteiger partial charge < -0.3 is 4.90 Å². The van der Waals surface area contributed by atoms with Gasteiger partial charge in [-0.25, -0.2) is 0 Å². The molecule has 0 aliphatic heterocycles. The lowest BCUT2D eigenvalue weighted by atomic mass is 9.71. The van der Waals surface area contributed by atoms with Crippen molar-refractivity contribution in [1.82, 2.24) is 0 Å². The molecule has 0 heterocycles. The van der Waals surface area contributed by atoms with Crippen LogP contribution in [0.25, 0.3) is 0 Å². The lowest BCUT2D eigenvalue weighted by Gasteiger charge is -2.47. The molecule has 2 rings (SSSR count). The molecule has 2 atom stereocenters. The van der Waals surface area contributed by atoms with Crippen LogP contribution in [0.5, 0.6) is 0 Å². The van der Waals surface area contributed by atoms with Crippen LogP contribution in [0.2, 0.25) is 0 Å². The molecular formula is C18H23F3N2O3S. The number of halogens is 3. The molecular weight excluding hydrogens is 381 g/mol. The Hall–Kier alpha value is -1.79. The number of hydrogen-bond donors (Lipinski definition) is 0. The third kappa shape index (κ3) is 5.14. The summed E-state index contributed by atoms with van der Waals surface area (Å²) >= 11 is 0.